The molecule has 0 amide bonds. The number of halogens is 2. The minimum Gasteiger partial charge on any atom is -0.476 e. The number of nitrogens with one attached hydrogen (secondary N) is 1. The van der Waals surface area contributed by atoms with E-state index in [0.29, 0.717) is 29.0 Å². The van der Waals surface area contributed by atoms with Gasteiger partial charge in [0.05, 0.1) is 17.3 Å². The third-order valence-corrected chi connectivity index (χ3v) is 3.76. The van der Waals surface area contributed by atoms with Gasteiger partial charge >= 0.3 is 0 Å². The smallest absolute Gasteiger partial charge is 0.239 e. The Hall–Kier alpha value is -1.46. The number of nitrogens with two attached hydrogens (primary N) is 1. The Labute approximate surface area is 131 Å². The predicted molar refractivity (Wildman–Crippen MR) is 86.9 cm³/mol. The third kappa shape index (κ3) is 3.77. The van der Waals surface area contributed by atoms with E-state index < -0.39 is 0 Å². The lowest BCUT2D eigenvalue weighted by atomic mass is 10.3. The van der Waals surface area contributed by atoms with E-state index in [-0.39, 0.29) is 0 Å². The van der Waals surface area contributed by atoms with Crippen LogP contribution in [-0.2, 0) is 0 Å². The molecule has 0 bridgehead atoms. The summed E-state index contributed by atoms with van der Waals surface area (Å²) >= 11 is 9.41. The summed E-state index contributed by atoms with van der Waals surface area (Å²) in [6.07, 6.45) is 0.904. The normalized spacial score (nSPS) is 10.3. The van der Waals surface area contributed by atoms with Gasteiger partial charge in [0, 0.05) is 10.2 Å². The molecule has 0 saturated carbocycles. The zero-order valence-electron chi connectivity index (χ0n) is 11.0. The van der Waals surface area contributed by atoms with Crippen LogP contribution >= 0.6 is 27.5 Å². The molecule has 0 fully saturated rings. The van der Waals surface area contributed by atoms with Crippen molar-refractivity contribution in [2.24, 2.45) is 0 Å². The standard InChI is InChI=1S/C14H15BrClN3O/c1-2-7-20-14-12(17)5-6-13(19-14)18-9-3-4-10(15)11(16)8-9/h3-6,8H,2,7,17H2,1H3,(H,18,19). The van der Waals surface area contributed by atoms with Crippen LogP contribution in [0.4, 0.5) is 17.2 Å². The van der Waals surface area contributed by atoms with Gasteiger partial charge in [-0.05, 0) is 52.7 Å². The van der Waals surface area contributed by atoms with Crippen LogP contribution in [0.15, 0.2) is 34.8 Å². The Kier molecular flexibility index (Phi) is 5.09. The number of ether oxygens (including phenoxy) is 1. The maximum absolute atomic E-state index is 6.05. The fourth-order valence-electron chi connectivity index (χ4n) is 1.56. The van der Waals surface area contributed by atoms with Crippen molar-refractivity contribution in [3.63, 3.8) is 0 Å². The number of anilines is 3. The Morgan fingerprint density at radius 2 is 2.15 bits per heavy atom. The zero-order chi connectivity index (χ0) is 14.5. The molecule has 0 atom stereocenters. The van der Waals surface area contributed by atoms with Crippen LogP contribution in [0.5, 0.6) is 5.88 Å². The van der Waals surface area contributed by atoms with E-state index in [2.05, 4.69) is 26.2 Å². The highest BCUT2D eigenvalue weighted by molar-refractivity contribution is 9.10. The van der Waals surface area contributed by atoms with E-state index in [0.717, 1.165) is 16.6 Å². The summed E-state index contributed by atoms with van der Waals surface area (Å²) in [6.45, 7) is 2.62. The van der Waals surface area contributed by atoms with Gasteiger partial charge in [-0.15, -0.1) is 0 Å². The molecule has 20 heavy (non-hydrogen) atoms. The topological polar surface area (TPSA) is 60.2 Å². The molecule has 106 valence electrons. The van der Waals surface area contributed by atoms with Crippen molar-refractivity contribution in [1.29, 1.82) is 0 Å². The van der Waals surface area contributed by atoms with Crippen molar-refractivity contribution < 1.29 is 4.74 Å². The van der Waals surface area contributed by atoms with Crippen LogP contribution in [0.1, 0.15) is 13.3 Å². The van der Waals surface area contributed by atoms with Crippen LogP contribution in [0.2, 0.25) is 5.02 Å². The molecule has 0 unspecified atom stereocenters. The lowest BCUT2D eigenvalue weighted by molar-refractivity contribution is 0.307. The van der Waals surface area contributed by atoms with Crippen molar-refractivity contribution in [3.05, 3.63) is 39.8 Å². The van der Waals surface area contributed by atoms with Gasteiger partial charge < -0.3 is 15.8 Å². The Morgan fingerprint density at radius 1 is 1.35 bits per heavy atom. The molecule has 0 aliphatic carbocycles. The average Bonchev–Trinajstić information content (AvgIpc) is 2.43. The number of hydrogen-bond acceptors (Lipinski definition) is 4. The summed E-state index contributed by atoms with van der Waals surface area (Å²) in [5.74, 6) is 1.10. The zero-order valence-corrected chi connectivity index (χ0v) is 13.3. The van der Waals surface area contributed by atoms with Gasteiger partial charge in [-0.3, -0.25) is 0 Å². The first-order valence-electron chi connectivity index (χ1n) is 6.21. The second kappa shape index (κ2) is 6.81. The van der Waals surface area contributed by atoms with Crippen LogP contribution in [0.25, 0.3) is 0 Å². The van der Waals surface area contributed by atoms with E-state index in [1.165, 1.54) is 0 Å². The minimum absolute atomic E-state index is 0.444. The Morgan fingerprint density at radius 3 is 2.85 bits per heavy atom. The molecule has 2 aromatic rings. The second-order valence-corrected chi connectivity index (χ2v) is 5.45. The third-order valence-electron chi connectivity index (χ3n) is 2.52. The van der Waals surface area contributed by atoms with Crippen molar-refractivity contribution in [1.82, 2.24) is 4.98 Å². The van der Waals surface area contributed by atoms with Gasteiger partial charge in [0.25, 0.3) is 0 Å². The first-order valence-corrected chi connectivity index (χ1v) is 7.38. The summed E-state index contributed by atoms with van der Waals surface area (Å²) in [6, 6.07) is 9.15. The minimum atomic E-state index is 0.444. The monoisotopic (exact) mass is 355 g/mol. The van der Waals surface area contributed by atoms with Gasteiger partial charge in [0.1, 0.15) is 5.82 Å². The summed E-state index contributed by atoms with van der Waals surface area (Å²) in [7, 11) is 0. The van der Waals surface area contributed by atoms with Crippen molar-refractivity contribution in [2.75, 3.05) is 17.7 Å². The van der Waals surface area contributed by atoms with Crippen LogP contribution < -0.4 is 15.8 Å². The molecule has 1 aromatic carbocycles. The average molecular weight is 357 g/mol. The van der Waals surface area contributed by atoms with E-state index >= 15 is 0 Å². The predicted octanol–water partition coefficient (Wildman–Crippen LogP) is 4.61. The van der Waals surface area contributed by atoms with Gasteiger partial charge in [-0.25, -0.2) is 0 Å². The number of nitrogen functional groups attached to an aromatic ring is 1. The van der Waals surface area contributed by atoms with E-state index in [1.807, 2.05) is 25.1 Å². The number of hydrogen-bond donors (Lipinski definition) is 2. The molecular weight excluding hydrogens is 342 g/mol. The molecule has 2 rings (SSSR count). The maximum Gasteiger partial charge on any atom is 0.239 e. The number of aromatic nitrogens is 1. The molecule has 1 heterocycles. The summed E-state index contributed by atoms with van der Waals surface area (Å²) in [4.78, 5) is 4.34. The Bertz CT molecular complexity index is 607. The summed E-state index contributed by atoms with van der Waals surface area (Å²) in [5, 5.41) is 3.80. The van der Waals surface area contributed by atoms with Crippen LogP contribution in [-0.4, -0.2) is 11.6 Å². The van der Waals surface area contributed by atoms with Crippen LogP contribution in [0.3, 0.4) is 0 Å². The lowest BCUT2D eigenvalue weighted by Gasteiger charge is -2.11. The van der Waals surface area contributed by atoms with Crippen LogP contribution in [0, 0.1) is 0 Å². The first-order chi connectivity index (χ1) is 9.60. The molecule has 6 heteroatoms. The highest BCUT2D eigenvalue weighted by Gasteiger charge is 2.05. The van der Waals surface area contributed by atoms with Gasteiger partial charge in [-0.2, -0.15) is 4.98 Å². The largest absolute Gasteiger partial charge is 0.476 e. The summed E-state index contributed by atoms with van der Waals surface area (Å²) in [5.41, 5.74) is 7.20. The molecule has 0 saturated heterocycles. The number of rotatable bonds is 5. The molecule has 0 aliphatic heterocycles. The fraction of sp³-hybridized carbons (Fsp3) is 0.214. The van der Waals surface area contributed by atoms with E-state index in [9.17, 15) is 0 Å². The molecule has 3 N–H and O–H groups in total. The second-order valence-electron chi connectivity index (χ2n) is 4.19. The molecule has 1 aromatic heterocycles. The van der Waals surface area contributed by atoms with Gasteiger partial charge in [0.2, 0.25) is 5.88 Å². The van der Waals surface area contributed by atoms with E-state index in [1.54, 1.807) is 12.1 Å². The number of nitrogens with zero attached hydrogens (tertiary/aromatic N) is 1. The van der Waals surface area contributed by atoms with Crippen molar-refractivity contribution in [2.45, 2.75) is 13.3 Å². The van der Waals surface area contributed by atoms with Gasteiger partial charge in [0.15, 0.2) is 0 Å². The molecule has 0 aliphatic rings. The fourth-order valence-corrected chi connectivity index (χ4v) is 1.98. The molecule has 0 spiro atoms. The van der Waals surface area contributed by atoms with Gasteiger partial charge in [-0.1, -0.05) is 18.5 Å². The quantitative estimate of drug-likeness (QED) is 0.821. The maximum atomic E-state index is 6.05. The molecule has 0 radical (unpaired) electrons. The van der Waals surface area contributed by atoms with Crippen molar-refractivity contribution in [3.8, 4) is 5.88 Å². The number of pyridine rings is 1. The highest BCUT2D eigenvalue weighted by atomic mass is 79.9. The first kappa shape index (κ1) is 14.9. The SMILES string of the molecule is CCCOc1nc(Nc2ccc(Br)c(Cl)c2)ccc1N. The number of benzene rings is 1. The van der Waals surface area contributed by atoms with Crippen molar-refractivity contribution >= 4 is 44.7 Å². The van der Waals surface area contributed by atoms with E-state index in [4.69, 9.17) is 22.1 Å². The molecular formula is C14H15BrClN3O. The lowest BCUT2D eigenvalue weighted by Crippen LogP contribution is -2.03. The highest BCUT2D eigenvalue weighted by Crippen LogP contribution is 2.28. The molecule has 4 nitrogen and oxygen atoms in total. The summed E-state index contributed by atoms with van der Waals surface area (Å²) < 4.78 is 6.35. The Balaban J connectivity index is 2.18.